The predicted octanol–water partition coefficient (Wildman–Crippen LogP) is 5.51. The molecular formula is C24H24N2OS. The second-order valence-electron chi connectivity index (χ2n) is 7.14. The average Bonchev–Trinajstić information content (AvgIpc) is 3.35. The lowest BCUT2D eigenvalue weighted by Gasteiger charge is -2.16. The molecule has 0 aliphatic heterocycles. The Balaban J connectivity index is 1.47. The fraction of sp³-hybridized carbons (Fsp3) is 0.208. The number of fused-ring (bicyclic) bond motifs is 1. The summed E-state index contributed by atoms with van der Waals surface area (Å²) in [5, 5.41) is 6.40. The number of nitrogens with zero attached hydrogens (tertiary/aromatic N) is 1. The molecule has 1 atom stereocenters. The van der Waals surface area contributed by atoms with Gasteiger partial charge in [-0.2, -0.15) is 0 Å². The summed E-state index contributed by atoms with van der Waals surface area (Å²) in [5.74, 6) is 0.0553. The van der Waals surface area contributed by atoms with Crippen LogP contribution in [0.15, 0.2) is 78.2 Å². The van der Waals surface area contributed by atoms with Crippen molar-refractivity contribution in [3.05, 3.63) is 83.7 Å². The van der Waals surface area contributed by atoms with Gasteiger partial charge in [0, 0.05) is 16.9 Å². The fourth-order valence-corrected chi connectivity index (χ4v) is 4.32. The zero-order chi connectivity index (χ0) is 19.3. The Bertz CT molecular complexity index is 1050. The maximum Gasteiger partial charge on any atom is 0.240 e. The summed E-state index contributed by atoms with van der Waals surface area (Å²) < 4.78 is 2.13. The lowest BCUT2D eigenvalue weighted by Crippen LogP contribution is -2.35. The molecule has 4 heteroatoms. The maximum absolute atomic E-state index is 12.8. The minimum absolute atomic E-state index is 0.0553. The number of aryl methyl sites for hydroxylation is 1. The number of nitrogens with one attached hydrogen (secondary N) is 1. The summed E-state index contributed by atoms with van der Waals surface area (Å²) in [7, 11) is 0. The summed E-state index contributed by atoms with van der Waals surface area (Å²) in [6, 6.07) is 25.1. The largest absolute Gasteiger partial charge is 0.352 e. The van der Waals surface area contributed by atoms with Crippen molar-refractivity contribution in [2.75, 3.05) is 0 Å². The Morgan fingerprint density at radius 2 is 1.82 bits per heavy atom. The van der Waals surface area contributed by atoms with Crippen molar-refractivity contribution < 1.29 is 4.79 Å². The molecule has 0 saturated carbocycles. The molecular weight excluding hydrogens is 364 g/mol. The van der Waals surface area contributed by atoms with Gasteiger partial charge in [-0.25, -0.2) is 0 Å². The smallest absolute Gasteiger partial charge is 0.240 e. The highest BCUT2D eigenvalue weighted by molar-refractivity contribution is 7.13. The van der Waals surface area contributed by atoms with Crippen molar-refractivity contribution in [1.29, 1.82) is 0 Å². The molecule has 2 aromatic heterocycles. The van der Waals surface area contributed by atoms with Gasteiger partial charge in [0.15, 0.2) is 0 Å². The molecule has 0 radical (unpaired) electrons. The zero-order valence-electron chi connectivity index (χ0n) is 16.0. The van der Waals surface area contributed by atoms with E-state index in [2.05, 4.69) is 70.7 Å². The molecule has 2 heterocycles. The molecule has 0 unspecified atom stereocenters. The molecule has 1 N–H and O–H groups in total. The van der Waals surface area contributed by atoms with Gasteiger partial charge in [-0.05, 0) is 48.9 Å². The normalized spacial score (nSPS) is 12.2. The van der Waals surface area contributed by atoms with Crippen LogP contribution >= 0.6 is 11.3 Å². The highest BCUT2D eigenvalue weighted by atomic mass is 32.1. The van der Waals surface area contributed by atoms with Crippen molar-refractivity contribution in [1.82, 2.24) is 9.88 Å². The number of hydrogen-bond donors (Lipinski definition) is 1. The zero-order valence-corrected chi connectivity index (χ0v) is 16.8. The number of carbonyl (C=O) groups is 1. The molecule has 0 aliphatic rings. The first kappa shape index (κ1) is 18.5. The number of rotatable bonds is 7. The van der Waals surface area contributed by atoms with Crippen molar-refractivity contribution in [3.8, 4) is 10.6 Å². The SMILES string of the molecule is C[C@H](CCc1ccccc1)NC(=O)Cn1c(-c2cccs2)cc2ccccc21. The van der Waals surface area contributed by atoms with Crippen LogP contribution in [-0.4, -0.2) is 16.5 Å². The molecule has 142 valence electrons. The standard InChI is InChI=1S/C24H24N2OS/c1-18(13-14-19-8-3-2-4-9-19)25-24(27)17-26-21-11-6-5-10-20(21)16-22(26)23-12-7-15-28-23/h2-12,15-16,18H,13-14,17H2,1H3,(H,25,27)/t18-/m1/s1. The summed E-state index contributed by atoms with van der Waals surface area (Å²) >= 11 is 1.70. The van der Waals surface area contributed by atoms with Gasteiger partial charge in [-0.15, -0.1) is 11.3 Å². The van der Waals surface area contributed by atoms with E-state index in [0.29, 0.717) is 6.54 Å². The van der Waals surface area contributed by atoms with E-state index in [4.69, 9.17) is 0 Å². The number of thiophene rings is 1. The molecule has 0 bridgehead atoms. The molecule has 0 aliphatic carbocycles. The highest BCUT2D eigenvalue weighted by Gasteiger charge is 2.15. The minimum atomic E-state index is 0.0553. The lowest BCUT2D eigenvalue weighted by atomic mass is 10.1. The summed E-state index contributed by atoms with van der Waals surface area (Å²) in [6.45, 7) is 2.41. The molecule has 2 aromatic carbocycles. The summed E-state index contributed by atoms with van der Waals surface area (Å²) in [4.78, 5) is 14.0. The lowest BCUT2D eigenvalue weighted by molar-refractivity contribution is -0.122. The van der Waals surface area contributed by atoms with E-state index < -0.39 is 0 Å². The predicted molar refractivity (Wildman–Crippen MR) is 118 cm³/mol. The van der Waals surface area contributed by atoms with Crippen LogP contribution in [0.5, 0.6) is 0 Å². The van der Waals surface area contributed by atoms with Crippen LogP contribution in [0.25, 0.3) is 21.5 Å². The van der Waals surface area contributed by atoms with Gasteiger partial charge in [-0.1, -0.05) is 54.6 Å². The van der Waals surface area contributed by atoms with E-state index in [1.54, 1.807) is 11.3 Å². The molecule has 1 amide bonds. The molecule has 0 spiro atoms. The number of benzene rings is 2. The van der Waals surface area contributed by atoms with Crippen LogP contribution in [0.3, 0.4) is 0 Å². The van der Waals surface area contributed by atoms with E-state index in [-0.39, 0.29) is 11.9 Å². The van der Waals surface area contributed by atoms with Crippen LogP contribution in [0.1, 0.15) is 18.9 Å². The van der Waals surface area contributed by atoms with Crippen molar-refractivity contribution >= 4 is 28.1 Å². The molecule has 0 fully saturated rings. The van der Waals surface area contributed by atoms with E-state index in [0.717, 1.165) is 29.4 Å². The Labute approximate surface area is 169 Å². The van der Waals surface area contributed by atoms with Crippen LogP contribution in [0.4, 0.5) is 0 Å². The molecule has 3 nitrogen and oxygen atoms in total. The minimum Gasteiger partial charge on any atom is -0.352 e. The highest BCUT2D eigenvalue weighted by Crippen LogP contribution is 2.31. The maximum atomic E-state index is 12.8. The first-order chi connectivity index (χ1) is 13.7. The van der Waals surface area contributed by atoms with Gasteiger partial charge in [0.25, 0.3) is 0 Å². The van der Waals surface area contributed by atoms with Gasteiger partial charge >= 0.3 is 0 Å². The van der Waals surface area contributed by atoms with Gasteiger partial charge in [-0.3, -0.25) is 4.79 Å². The summed E-state index contributed by atoms with van der Waals surface area (Å²) in [6.07, 6.45) is 1.90. The first-order valence-corrected chi connectivity index (χ1v) is 10.5. The molecule has 4 rings (SSSR count). The van der Waals surface area contributed by atoms with Crippen LogP contribution in [0.2, 0.25) is 0 Å². The monoisotopic (exact) mass is 388 g/mol. The van der Waals surface area contributed by atoms with E-state index in [1.807, 2.05) is 24.3 Å². The van der Waals surface area contributed by atoms with Crippen molar-refractivity contribution in [3.63, 3.8) is 0 Å². The third-order valence-electron chi connectivity index (χ3n) is 5.00. The van der Waals surface area contributed by atoms with E-state index >= 15 is 0 Å². The van der Waals surface area contributed by atoms with E-state index in [9.17, 15) is 4.79 Å². The number of para-hydroxylation sites is 1. The van der Waals surface area contributed by atoms with E-state index in [1.165, 1.54) is 10.4 Å². The number of hydrogen-bond acceptors (Lipinski definition) is 2. The van der Waals surface area contributed by atoms with Gasteiger partial charge in [0.1, 0.15) is 6.54 Å². The summed E-state index contributed by atoms with van der Waals surface area (Å²) in [5.41, 5.74) is 3.50. The number of aromatic nitrogens is 1. The Kier molecular flexibility index (Phi) is 5.58. The van der Waals surface area contributed by atoms with Crippen molar-refractivity contribution in [2.45, 2.75) is 32.4 Å². The second kappa shape index (κ2) is 8.44. The fourth-order valence-electron chi connectivity index (χ4n) is 3.57. The molecule has 28 heavy (non-hydrogen) atoms. The van der Waals surface area contributed by atoms with Gasteiger partial charge in [0.2, 0.25) is 5.91 Å². The first-order valence-electron chi connectivity index (χ1n) is 9.66. The topological polar surface area (TPSA) is 34.0 Å². The van der Waals surface area contributed by atoms with Crippen LogP contribution in [0, 0.1) is 0 Å². The van der Waals surface area contributed by atoms with Crippen LogP contribution in [-0.2, 0) is 17.8 Å². The van der Waals surface area contributed by atoms with Crippen LogP contribution < -0.4 is 5.32 Å². The third-order valence-corrected chi connectivity index (χ3v) is 5.89. The Morgan fingerprint density at radius 1 is 1.04 bits per heavy atom. The van der Waals surface area contributed by atoms with Crippen molar-refractivity contribution in [2.24, 2.45) is 0 Å². The van der Waals surface area contributed by atoms with Gasteiger partial charge in [0.05, 0.1) is 10.6 Å². The molecule has 4 aromatic rings. The molecule has 0 saturated heterocycles. The third kappa shape index (κ3) is 4.18. The average molecular weight is 389 g/mol. The van der Waals surface area contributed by atoms with Gasteiger partial charge < -0.3 is 9.88 Å². The quantitative estimate of drug-likeness (QED) is 0.445. The Morgan fingerprint density at radius 3 is 2.61 bits per heavy atom. The Hall–Kier alpha value is -2.85. The number of carbonyl (C=O) groups excluding carboxylic acids is 1. The second-order valence-corrected chi connectivity index (χ2v) is 8.09. The number of amides is 1.